The van der Waals surface area contributed by atoms with Crippen LogP contribution in [0.1, 0.15) is 123 Å². The van der Waals surface area contributed by atoms with Gasteiger partial charge in [-0.1, -0.05) is 29.8 Å². The van der Waals surface area contributed by atoms with Crippen LogP contribution in [0, 0.1) is 75.3 Å². The van der Waals surface area contributed by atoms with Crippen LogP contribution in [0.4, 0.5) is 61.0 Å². The molecule has 6 aliphatic rings. The largest absolute Gasteiger partial charge is 0.418 e. The summed E-state index contributed by atoms with van der Waals surface area (Å²) in [6.07, 6.45) is 7.75. The Balaban J connectivity index is 0.000000138. The topological polar surface area (TPSA) is 214 Å². The summed E-state index contributed by atoms with van der Waals surface area (Å²) in [6, 6.07) is 40.9. The monoisotopic (exact) mass is 1700 g/mol. The molecule has 6 aliphatic heterocycles. The molecule has 0 N–H and O–H groups in total. The van der Waals surface area contributed by atoms with Gasteiger partial charge in [0.2, 0.25) is 0 Å². The number of hydrogen-bond donors (Lipinski definition) is 0. The number of aromatic nitrogens is 9. The van der Waals surface area contributed by atoms with Gasteiger partial charge in [0, 0.05) is 161 Å². The Bertz CT molecular complexity index is 6130. The molecule has 0 saturated carbocycles. The number of hydrogen-bond acceptors (Lipinski definition) is 15. The van der Waals surface area contributed by atoms with Gasteiger partial charge in [-0.05, 0) is 217 Å². The summed E-state index contributed by atoms with van der Waals surface area (Å²) in [5.74, 6) is -6.67. The lowest BCUT2D eigenvalue weighted by molar-refractivity contribution is -0.137. The van der Waals surface area contributed by atoms with Gasteiger partial charge in [0.1, 0.15) is 39.9 Å². The van der Waals surface area contributed by atoms with Crippen LogP contribution in [0.25, 0.3) is 50.8 Å². The van der Waals surface area contributed by atoms with Crippen molar-refractivity contribution in [2.45, 2.75) is 115 Å². The molecule has 18 rings (SSSR count). The third kappa shape index (κ3) is 15.9. The number of ketones is 3. The standard InChI is InChI=1S/C32H29F4N5O2.C31H29F2N5O2.C30H25F4N5O2/c1-20-3-6-27(24(17-20)32(34,35)36)40-14-9-29(42)31(40)10-15-39(16-11-31)30(43)26-19-28(22-7-12-37-13-8-22)41(38-26)23-5-4-21(2)25(33)18-23;1-20-3-4-24(18-26(20)33)38-28(22-7-12-34-13-8-22)19-27(35-38)30(40)36-15-10-31(11-16-36)29(39)9-14-37(31)23-5-6-25(32)21(2)17-23;1-18-2-3-20(14-22(18)31)39-26(19-4-9-35-10-5-19)17-25(36-39)29(41)37-12-7-30(8-13-37)27(40)6-11-38(30)21-15-23(32)28(34)24(33)16-21/h3-8,12-13,17-19H,9-11,14-16H2,1-2H3;3-8,12-13,17-19H,9-11,14-16H2,1-2H3;2-5,9-10,14-17H,6-8,11-13H2,1H3. The average molecular weight is 1700 g/mol. The zero-order valence-electron chi connectivity index (χ0n) is 68.1. The van der Waals surface area contributed by atoms with Crippen LogP contribution in [0.2, 0.25) is 0 Å². The molecule has 12 heterocycles. The van der Waals surface area contributed by atoms with E-state index in [4.69, 9.17) is 0 Å². The number of pyridine rings is 3. The van der Waals surface area contributed by atoms with Crippen molar-refractivity contribution in [1.82, 2.24) is 59.0 Å². The van der Waals surface area contributed by atoms with Gasteiger partial charge in [-0.15, -0.1) is 0 Å². The Hall–Kier alpha value is -13.5. The number of carbonyl (C=O) groups is 6. The fraction of sp³-hybridized carbons (Fsp3) is 0.290. The Morgan fingerprint density at radius 3 is 0.992 bits per heavy atom. The summed E-state index contributed by atoms with van der Waals surface area (Å²) < 4.78 is 146. The van der Waals surface area contributed by atoms with E-state index in [2.05, 4.69) is 35.1 Å². The van der Waals surface area contributed by atoms with Crippen molar-refractivity contribution in [2.24, 2.45) is 0 Å². The smallest absolute Gasteiger partial charge is 0.358 e. The van der Waals surface area contributed by atoms with Crippen LogP contribution in [0.15, 0.2) is 195 Å². The molecule has 636 valence electrons. The van der Waals surface area contributed by atoms with Gasteiger partial charge < -0.3 is 29.4 Å². The van der Waals surface area contributed by atoms with E-state index in [1.807, 2.05) is 12.1 Å². The molecule has 31 heteroatoms. The number of likely N-dealkylation sites (tertiary alicyclic amines) is 3. The molecular weight excluding hydrogens is 1610 g/mol. The number of halogens is 10. The molecule has 3 amide bonds. The summed E-state index contributed by atoms with van der Waals surface area (Å²) in [5, 5.41) is 13.7. The second-order valence-electron chi connectivity index (χ2n) is 32.1. The Morgan fingerprint density at radius 2 is 0.653 bits per heavy atom. The lowest BCUT2D eigenvalue weighted by atomic mass is 9.83. The summed E-state index contributed by atoms with van der Waals surface area (Å²) >= 11 is 0. The van der Waals surface area contributed by atoms with E-state index in [0.717, 1.165) is 40.6 Å². The fourth-order valence-electron chi connectivity index (χ4n) is 17.9. The molecular formula is C93H83F10N15O6. The highest BCUT2D eigenvalue weighted by atomic mass is 19.4. The molecule has 6 aromatic carbocycles. The molecule has 0 radical (unpaired) electrons. The lowest BCUT2D eigenvalue weighted by Gasteiger charge is -2.45. The highest BCUT2D eigenvalue weighted by molar-refractivity contribution is 6.00. The highest BCUT2D eigenvalue weighted by Gasteiger charge is 2.55. The van der Waals surface area contributed by atoms with Gasteiger partial charge in [-0.25, -0.2) is 44.8 Å². The number of rotatable bonds is 12. The number of piperidine rings is 3. The van der Waals surface area contributed by atoms with Crippen LogP contribution in [-0.4, -0.2) is 170 Å². The van der Waals surface area contributed by atoms with Crippen molar-refractivity contribution in [2.75, 3.05) is 73.6 Å². The van der Waals surface area contributed by atoms with E-state index < -0.39 is 57.4 Å². The first kappa shape index (κ1) is 84.1. The number of carbonyl (C=O) groups excluding carboxylic acids is 6. The van der Waals surface area contributed by atoms with E-state index in [9.17, 15) is 72.7 Å². The van der Waals surface area contributed by atoms with Crippen molar-refractivity contribution >= 4 is 52.1 Å². The van der Waals surface area contributed by atoms with Crippen molar-refractivity contribution in [3.05, 3.63) is 286 Å². The number of benzene rings is 6. The van der Waals surface area contributed by atoms with Crippen molar-refractivity contribution < 1.29 is 72.7 Å². The number of alkyl halides is 3. The number of amides is 3. The number of nitrogens with zero attached hydrogens (tertiary/aromatic N) is 15. The first-order chi connectivity index (χ1) is 59.4. The van der Waals surface area contributed by atoms with Gasteiger partial charge in [0.15, 0.2) is 51.9 Å². The van der Waals surface area contributed by atoms with E-state index in [0.29, 0.717) is 101 Å². The van der Waals surface area contributed by atoms with Crippen LogP contribution in [0.3, 0.4) is 0 Å². The number of anilines is 3. The van der Waals surface area contributed by atoms with Gasteiger partial charge in [-0.3, -0.25) is 43.7 Å². The molecule has 6 fully saturated rings. The molecule has 0 bridgehead atoms. The average Bonchev–Trinajstić information content (AvgIpc) is 1.58. The van der Waals surface area contributed by atoms with Crippen molar-refractivity contribution in [3.8, 4) is 50.8 Å². The van der Waals surface area contributed by atoms with Crippen LogP contribution < -0.4 is 14.7 Å². The quantitative estimate of drug-likeness (QED) is 0.0821. The third-order valence-electron chi connectivity index (χ3n) is 24.8. The fourth-order valence-corrected chi connectivity index (χ4v) is 17.9. The molecule has 21 nitrogen and oxygen atoms in total. The summed E-state index contributed by atoms with van der Waals surface area (Å²) in [7, 11) is 0. The summed E-state index contributed by atoms with van der Waals surface area (Å²) in [6.45, 7) is 10.8. The SMILES string of the molecule is Cc1cc(N2CCC(=O)C23CCN(C(=O)c2cc(-c4ccncc4)n(-c4ccc(C)c(F)c4)n2)CC3)ccc1F.Cc1ccc(-n2nc(C(=O)N3CCC4(CC3)C(=O)CCN4c3cc(F)c(F)c(F)c3)cc2-c2ccncc2)cc1F.Cc1ccc(N2CCC(=O)C23CCN(C(=O)c2cc(-c4ccncc4)n(-c4ccc(C)c(F)c4)n2)CC3)c(C(F)(F)F)c1. The molecule has 12 aromatic rings. The zero-order valence-corrected chi connectivity index (χ0v) is 68.1. The predicted octanol–water partition coefficient (Wildman–Crippen LogP) is 16.7. The van der Waals surface area contributed by atoms with E-state index in [-0.39, 0.29) is 153 Å². The van der Waals surface area contributed by atoms with Crippen molar-refractivity contribution in [1.29, 1.82) is 0 Å². The van der Waals surface area contributed by atoms with Crippen LogP contribution in [-0.2, 0) is 20.6 Å². The van der Waals surface area contributed by atoms with E-state index in [1.165, 1.54) is 39.7 Å². The maximum Gasteiger partial charge on any atom is 0.418 e. The maximum absolute atomic E-state index is 14.5. The van der Waals surface area contributed by atoms with Gasteiger partial charge in [0.25, 0.3) is 17.7 Å². The number of aryl methyl sites for hydroxylation is 5. The minimum Gasteiger partial charge on any atom is -0.358 e. The third-order valence-corrected chi connectivity index (χ3v) is 24.8. The molecule has 0 unspecified atom stereocenters. The highest BCUT2D eigenvalue weighted by Crippen LogP contribution is 2.47. The predicted molar refractivity (Wildman–Crippen MR) is 443 cm³/mol. The first-order valence-electron chi connectivity index (χ1n) is 40.6. The first-order valence-corrected chi connectivity index (χ1v) is 40.6. The molecule has 124 heavy (non-hydrogen) atoms. The second kappa shape index (κ2) is 33.7. The molecule has 6 aromatic heterocycles. The molecule has 0 aliphatic carbocycles. The maximum atomic E-state index is 14.5. The summed E-state index contributed by atoms with van der Waals surface area (Å²) in [4.78, 5) is 103. The van der Waals surface area contributed by atoms with E-state index >= 15 is 0 Å². The lowest BCUT2D eigenvalue weighted by Crippen LogP contribution is -2.57. The van der Waals surface area contributed by atoms with Gasteiger partial charge >= 0.3 is 6.18 Å². The summed E-state index contributed by atoms with van der Waals surface area (Å²) in [5.41, 5.74) is 5.74. The van der Waals surface area contributed by atoms with Crippen molar-refractivity contribution in [3.63, 3.8) is 0 Å². The Kier molecular flexibility index (Phi) is 22.9. The molecule has 3 spiro atoms. The minimum atomic E-state index is -4.57. The van der Waals surface area contributed by atoms with Gasteiger partial charge in [-0.2, -0.15) is 28.5 Å². The van der Waals surface area contributed by atoms with Crippen LogP contribution >= 0.6 is 0 Å². The molecule has 0 atom stereocenters. The zero-order chi connectivity index (χ0) is 87.4. The Labute approximate surface area is 706 Å². The second-order valence-corrected chi connectivity index (χ2v) is 32.1. The molecule has 6 saturated heterocycles. The Morgan fingerprint density at radius 1 is 0.331 bits per heavy atom. The van der Waals surface area contributed by atoms with E-state index in [1.54, 1.807) is 198 Å². The van der Waals surface area contributed by atoms with Gasteiger partial charge in [0.05, 0.1) is 39.7 Å². The number of Topliss-reactive ketones (excluding diaryl/α,β-unsaturated/α-hetero) is 3. The normalized spacial score (nSPS) is 16.7. The van der Waals surface area contributed by atoms with Crippen LogP contribution in [0.5, 0.6) is 0 Å². The minimum absolute atomic E-state index is 0.00482.